The van der Waals surface area contributed by atoms with Crippen molar-refractivity contribution < 1.29 is 22.7 Å². The fraction of sp³-hybridized carbons (Fsp3) is 0.500. The Kier molecular flexibility index (Phi) is 7.84. The van der Waals surface area contributed by atoms with Crippen LogP contribution >= 0.6 is 0 Å². The van der Waals surface area contributed by atoms with Gasteiger partial charge in [-0.1, -0.05) is 0 Å². The molecule has 0 unspecified atom stereocenters. The Morgan fingerprint density at radius 3 is 2.19 bits per heavy atom. The number of benzene rings is 1. The number of nitrogens with zero attached hydrogens (tertiary/aromatic N) is 2. The number of amides is 1. The average Bonchev–Trinajstić information content (AvgIpc) is 2.76. The van der Waals surface area contributed by atoms with E-state index in [9.17, 15) is 18.0 Å². The van der Waals surface area contributed by atoms with Crippen molar-refractivity contribution in [3.8, 4) is 5.75 Å². The van der Waals surface area contributed by atoms with Crippen LogP contribution in [0.2, 0.25) is 0 Å². The van der Waals surface area contributed by atoms with E-state index < -0.39 is 29.3 Å². The number of carbonyl (C=O) groups is 1. The first-order chi connectivity index (χ1) is 14.9. The third-order valence-electron chi connectivity index (χ3n) is 5.87. The summed E-state index contributed by atoms with van der Waals surface area (Å²) >= 11 is 0. The van der Waals surface area contributed by atoms with Gasteiger partial charge >= 0.3 is 0 Å². The Labute approximate surface area is 180 Å². The monoisotopic (exact) mass is 438 g/mol. The largest absolute Gasteiger partial charge is 0.484 e. The highest BCUT2D eigenvalue weighted by atomic mass is 19.1. The second-order valence-electron chi connectivity index (χ2n) is 7.99. The second kappa shape index (κ2) is 10.6. The summed E-state index contributed by atoms with van der Waals surface area (Å²) < 4.78 is 46.1. The molecule has 1 aromatic carbocycles. The normalized spacial score (nSPS) is 19.8. The van der Waals surface area contributed by atoms with E-state index in [1.54, 1.807) is 11.0 Å². The Morgan fingerprint density at radius 2 is 1.65 bits per heavy atom. The summed E-state index contributed by atoms with van der Waals surface area (Å²) in [6.07, 6.45) is 6.83. The van der Waals surface area contributed by atoms with Crippen molar-refractivity contribution in [2.45, 2.75) is 31.8 Å². The van der Waals surface area contributed by atoms with Crippen LogP contribution in [0.3, 0.4) is 0 Å². The number of nitrogens with two attached hydrogens (primary N) is 2. The molecule has 0 spiro atoms. The van der Waals surface area contributed by atoms with E-state index in [1.807, 2.05) is 0 Å². The number of piperidine rings is 2. The van der Waals surface area contributed by atoms with Crippen molar-refractivity contribution in [3.05, 3.63) is 53.6 Å². The molecule has 2 aliphatic heterocycles. The van der Waals surface area contributed by atoms with Gasteiger partial charge in [-0.3, -0.25) is 9.69 Å². The molecule has 0 radical (unpaired) electrons. The molecule has 0 bridgehead atoms. The first kappa shape index (κ1) is 23.0. The highest BCUT2D eigenvalue weighted by molar-refractivity contribution is 5.79. The number of ether oxygens (including phenoxy) is 1. The van der Waals surface area contributed by atoms with Crippen LogP contribution in [0.25, 0.3) is 0 Å². The van der Waals surface area contributed by atoms with Crippen LogP contribution in [0.15, 0.2) is 36.2 Å². The number of halogens is 3. The topological polar surface area (TPSA) is 84.8 Å². The van der Waals surface area contributed by atoms with Gasteiger partial charge in [-0.25, -0.2) is 13.2 Å². The van der Waals surface area contributed by atoms with Crippen molar-refractivity contribution in [1.29, 1.82) is 0 Å². The third kappa shape index (κ3) is 5.94. The molecule has 2 aliphatic rings. The quantitative estimate of drug-likeness (QED) is 0.667. The summed E-state index contributed by atoms with van der Waals surface area (Å²) in [5.41, 5.74) is 12.0. The SMILES string of the molecule is N/C=C\C(=C/N)CN1CCC(C(=O)N2CCC(Oc3c(F)cc(F)cc3F)CC2)CC1. The van der Waals surface area contributed by atoms with E-state index in [-0.39, 0.29) is 11.8 Å². The zero-order chi connectivity index (χ0) is 22.4. The highest BCUT2D eigenvalue weighted by Crippen LogP contribution is 2.28. The number of rotatable bonds is 6. The summed E-state index contributed by atoms with van der Waals surface area (Å²) in [5, 5.41) is 0. The van der Waals surface area contributed by atoms with Gasteiger partial charge in [0, 0.05) is 50.5 Å². The van der Waals surface area contributed by atoms with Crippen LogP contribution in [0.5, 0.6) is 5.75 Å². The summed E-state index contributed by atoms with van der Waals surface area (Å²) in [4.78, 5) is 16.9. The predicted molar refractivity (Wildman–Crippen MR) is 111 cm³/mol. The second-order valence-corrected chi connectivity index (χ2v) is 7.99. The van der Waals surface area contributed by atoms with Crippen molar-refractivity contribution in [1.82, 2.24) is 9.80 Å². The third-order valence-corrected chi connectivity index (χ3v) is 5.87. The van der Waals surface area contributed by atoms with Gasteiger partial charge in [0.15, 0.2) is 17.4 Å². The van der Waals surface area contributed by atoms with Gasteiger partial charge in [-0.05, 0) is 50.0 Å². The molecule has 0 saturated carbocycles. The average molecular weight is 438 g/mol. The lowest BCUT2D eigenvalue weighted by Crippen LogP contribution is -2.47. The van der Waals surface area contributed by atoms with E-state index in [0.717, 1.165) is 31.5 Å². The standard InChI is InChI=1S/C22H29F3N4O2/c23-17-11-19(24)21(20(25)12-17)31-18-4-9-29(10-5-18)22(30)16-2-7-28(8-3-16)14-15(13-27)1-6-26/h1,6,11-13,16,18H,2-5,7-10,14,26-27H2/b6-1-,15-13+. The number of carbonyl (C=O) groups excluding carboxylic acids is 1. The molecule has 31 heavy (non-hydrogen) atoms. The van der Waals surface area contributed by atoms with Gasteiger partial charge in [0.2, 0.25) is 5.91 Å². The van der Waals surface area contributed by atoms with Crippen LogP contribution in [0, 0.1) is 23.4 Å². The van der Waals surface area contributed by atoms with Crippen LogP contribution < -0.4 is 16.2 Å². The molecule has 2 fully saturated rings. The zero-order valence-electron chi connectivity index (χ0n) is 17.4. The molecule has 2 heterocycles. The minimum absolute atomic E-state index is 0.0314. The molecule has 9 heteroatoms. The van der Waals surface area contributed by atoms with E-state index >= 15 is 0 Å². The molecule has 0 atom stereocenters. The van der Waals surface area contributed by atoms with E-state index in [1.165, 1.54) is 12.4 Å². The molecule has 2 saturated heterocycles. The van der Waals surface area contributed by atoms with Crippen molar-refractivity contribution in [3.63, 3.8) is 0 Å². The molecule has 3 rings (SSSR count). The Balaban J connectivity index is 1.46. The maximum absolute atomic E-state index is 13.8. The fourth-order valence-corrected chi connectivity index (χ4v) is 4.14. The zero-order valence-corrected chi connectivity index (χ0v) is 17.4. The molecule has 0 aliphatic carbocycles. The fourth-order valence-electron chi connectivity index (χ4n) is 4.14. The molecule has 1 aromatic rings. The van der Waals surface area contributed by atoms with Gasteiger partial charge in [-0.2, -0.15) is 0 Å². The van der Waals surface area contributed by atoms with Gasteiger partial charge < -0.3 is 21.1 Å². The molecule has 170 valence electrons. The lowest BCUT2D eigenvalue weighted by molar-refractivity contribution is -0.138. The van der Waals surface area contributed by atoms with E-state index in [2.05, 4.69) is 4.90 Å². The van der Waals surface area contributed by atoms with Crippen molar-refractivity contribution >= 4 is 5.91 Å². The number of hydrogen-bond donors (Lipinski definition) is 2. The maximum atomic E-state index is 13.8. The van der Waals surface area contributed by atoms with E-state index in [0.29, 0.717) is 44.6 Å². The van der Waals surface area contributed by atoms with Crippen LogP contribution in [-0.2, 0) is 4.79 Å². The maximum Gasteiger partial charge on any atom is 0.225 e. The smallest absolute Gasteiger partial charge is 0.225 e. The lowest BCUT2D eigenvalue weighted by Gasteiger charge is -2.37. The Hall–Kier alpha value is -2.68. The molecular weight excluding hydrogens is 409 g/mol. The predicted octanol–water partition coefficient (Wildman–Crippen LogP) is 2.50. The number of hydrogen-bond acceptors (Lipinski definition) is 5. The first-order valence-electron chi connectivity index (χ1n) is 10.5. The number of likely N-dealkylation sites (tertiary alicyclic amines) is 2. The summed E-state index contributed by atoms with van der Waals surface area (Å²) in [7, 11) is 0. The minimum Gasteiger partial charge on any atom is -0.484 e. The van der Waals surface area contributed by atoms with Crippen LogP contribution in [0.1, 0.15) is 25.7 Å². The molecular formula is C22H29F3N4O2. The van der Waals surface area contributed by atoms with Crippen molar-refractivity contribution in [2.24, 2.45) is 17.4 Å². The molecule has 4 N–H and O–H groups in total. The summed E-state index contributed by atoms with van der Waals surface area (Å²) in [5.74, 6) is -3.58. The summed E-state index contributed by atoms with van der Waals surface area (Å²) in [6.45, 7) is 3.24. The Morgan fingerprint density at radius 1 is 1.03 bits per heavy atom. The van der Waals surface area contributed by atoms with Crippen LogP contribution in [-0.4, -0.2) is 54.5 Å². The van der Waals surface area contributed by atoms with Gasteiger partial charge in [0.05, 0.1) is 0 Å². The summed E-state index contributed by atoms with van der Waals surface area (Å²) in [6, 6.07) is 1.20. The van der Waals surface area contributed by atoms with Gasteiger partial charge in [-0.15, -0.1) is 0 Å². The first-order valence-corrected chi connectivity index (χ1v) is 10.5. The van der Waals surface area contributed by atoms with Crippen molar-refractivity contribution in [2.75, 3.05) is 32.7 Å². The van der Waals surface area contributed by atoms with Gasteiger partial charge in [0.25, 0.3) is 0 Å². The minimum atomic E-state index is -1.06. The highest BCUT2D eigenvalue weighted by Gasteiger charge is 2.32. The van der Waals surface area contributed by atoms with E-state index in [4.69, 9.17) is 16.2 Å². The Bertz CT molecular complexity index is 807. The molecule has 1 amide bonds. The molecule has 0 aromatic heterocycles. The lowest BCUT2D eigenvalue weighted by atomic mass is 9.93. The van der Waals surface area contributed by atoms with Crippen LogP contribution in [0.4, 0.5) is 13.2 Å². The molecule has 6 nitrogen and oxygen atoms in total. The van der Waals surface area contributed by atoms with Gasteiger partial charge in [0.1, 0.15) is 11.9 Å².